The van der Waals surface area contributed by atoms with Gasteiger partial charge in [0.1, 0.15) is 18.0 Å². The molecule has 6 heteroatoms. The first-order valence-corrected chi connectivity index (χ1v) is 8.06. The fraction of sp³-hybridized carbons (Fsp3) is 0.211. The van der Waals surface area contributed by atoms with E-state index in [1.807, 2.05) is 61.5 Å². The highest BCUT2D eigenvalue weighted by Gasteiger charge is 2.20. The van der Waals surface area contributed by atoms with Gasteiger partial charge >= 0.3 is 5.97 Å². The topological polar surface area (TPSA) is 66.2 Å². The summed E-state index contributed by atoms with van der Waals surface area (Å²) in [5.74, 6) is 0.184. The van der Waals surface area contributed by atoms with E-state index in [4.69, 9.17) is 9.47 Å². The standard InChI is InChI=1S/C19H19N3O3/c1-3-24-17-12-8-7-11-16(17)22-14(2)18(20-21-22)19(23)25-13-15-9-5-4-6-10-15/h4-12H,3,13H2,1-2H3. The highest BCUT2D eigenvalue weighted by Crippen LogP contribution is 2.24. The molecule has 0 atom stereocenters. The molecule has 25 heavy (non-hydrogen) atoms. The fourth-order valence-electron chi connectivity index (χ4n) is 2.45. The van der Waals surface area contributed by atoms with Crippen molar-refractivity contribution in [1.82, 2.24) is 15.0 Å². The number of aromatic nitrogens is 3. The van der Waals surface area contributed by atoms with Crippen molar-refractivity contribution in [3.63, 3.8) is 0 Å². The average molecular weight is 337 g/mol. The third-order valence-corrected chi connectivity index (χ3v) is 3.69. The number of hydrogen-bond acceptors (Lipinski definition) is 5. The molecule has 6 nitrogen and oxygen atoms in total. The zero-order chi connectivity index (χ0) is 17.6. The summed E-state index contributed by atoms with van der Waals surface area (Å²) in [6, 6.07) is 17.0. The number of esters is 1. The highest BCUT2D eigenvalue weighted by atomic mass is 16.5. The molecule has 1 aromatic heterocycles. The lowest BCUT2D eigenvalue weighted by Crippen LogP contribution is -2.08. The van der Waals surface area contributed by atoms with Crippen molar-refractivity contribution < 1.29 is 14.3 Å². The summed E-state index contributed by atoms with van der Waals surface area (Å²) >= 11 is 0. The van der Waals surface area contributed by atoms with E-state index in [1.165, 1.54) is 0 Å². The second-order valence-electron chi connectivity index (χ2n) is 5.40. The molecule has 0 saturated heterocycles. The zero-order valence-electron chi connectivity index (χ0n) is 14.2. The van der Waals surface area contributed by atoms with E-state index in [1.54, 1.807) is 11.6 Å². The van der Waals surface area contributed by atoms with Crippen molar-refractivity contribution in [1.29, 1.82) is 0 Å². The minimum atomic E-state index is -0.499. The van der Waals surface area contributed by atoms with Gasteiger partial charge in [-0.2, -0.15) is 0 Å². The van der Waals surface area contributed by atoms with Crippen LogP contribution in [-0.4, -0.2) is 27.6 Å². The van der Waals surface area contributed by atoms with Crippen LogP contribution in [0.25, 0.3) is 5.69 Å². The van der Waals surface area contributed by atoms with Gasteiger partial charge in [0.2, 0.25) is 0 Å². The van der Waals surface area contributed by atoms with E-state index >= 15 is 0 Å². The first kappa shape index (κ1) is 16.7. The lowest BCUT2D eigenvalue weighted by atomic mass is 10.2. The summed E-state index contributed by atoms with van der Waals surface area (Å²) in [4.78, 5) is 12.3. The minimum absolute atomic E-state index is 0.196. The Balaban J connectivity index is 1.80. The number of carbonyl (C=O) groups is 1. The lowest BCUT2D eigenvalue weighted by molar-refractivity contribution is 0.0464. The van der Waals surface area contributed by atoms with Crippen molar-refractivity contribution in [2.75, 3.05) is 6.61 Å². The molecule has 0 saturated carbocycles. The van der Waals surface area contributed by atoms with Gasteiger partial charge in [-0.3, -0.25) is 0 Å². The van der Waals surface area contributed by atoms with Gasteiger partial charge in [0, 0.05) is 0 Å². The summed E-state index contributed by atoms with van der Waals surface area (Å²) < 4.78 is 12.5. The predicted octanol–water partition coefficient (Wildman–Crippen LogP) is 3.33. The van der Waals surface area contributed by atoms with Crippen LogP contribution < -0.4 is 4.74 Å². The number of benzene rings is 2. The predicted molar refractivity (Wildman–Crippen MR) is 92.8 cm³/mol. The average Bonchev–Trinajstić information content (AvgIpc) is 3.03. The van der Waals surface area contributed by atoms with Gasteiger partial charge in [-0.15, -0.1) is 5.10 Å². The van der Waals surface area contributed by atoms with E-state index in [-0.39, 0.29) is 12.3 Å². The molecule has 0 fully saturated rings. The maximum atomic E-state index is 12.3. The van der Waals surface area contributed by atoms with Crippen LogP contribution >= 0.6 is 0 Å². The number of ether oxygens (including phenoxy) is 2. The molecule has 1 heterocycles. The summed E-state index contributed by atoms with van der Waals surface area (Å²) in [6.07, 6.45) is 0. The molecule has 128 valence electrons. The Bertz CT molecular complexity index is 859. The van der Waals surface area contributed by atoms with Gasteiger partial charge in [0.15, 0.2) is 5.69 Å². The van der Waals surface area contributed by atoms with E-state index < -0.39 is 5.97 Å². The molecule has 3 rings (SSSR count). The van der Waals surface area contributed by atoms with Crippen LogP contribution in [-0.2, 0) is 11.3 Å². The number of hydrogen-bond donors (Lipinski definition) is 0. The number of nitrogens with zero attached hydrogens (tertiary/aromatic N) is 3. The Hall–Kier alpha value is -3.15. The molecular formula is C19H19N3O3. The van der Waals surface area contributed by atoms with Crippen LogP contribution in [0.3, 0.4) is 0 Å². The number of para-hydroxylation sites is 2. The van der Waals surface area contributed by atoms with Crippen LogP contribution in [0.5, 0.6) is 5.75 Å². The minimum Gasteiger partial charge on any atom is -0.492 e. The molecule has 0 unspecified atom stereocenters. The van der Waals surface area contributed by atoms with Crippen LogP contribution in [0.2, 0.25) is 0 Å². The highest BCUT2D eigenvalue weighted by molar-refractivity contribution is 5.88. The molecule has 0 aliphatic heterocycles. The smallest absolute Gasteiger partial charge is 0.361 e. The molecule has 0 aliphatic rings. The summed E-state index contributed by atoms with van der Waals surface area (Å²) in [5, 5.41) is 8.08. The SMILES string of the molecule is CCOc1ccccc1-n1nnc(C(=O)OCc2ccccc2)c1C. The Kier molecular flexibility index (Phi) is 5.09. The summed E-state index contributed by atoms with van der Waals surface area (Å²) in [7, 11) is 0. The van der Waals surface area contributed by atoms with Crippen molar-refractivity contribution in [3.05, 3.63) is 71.5 Å². The molecule has 2 aromatic carbocycles. The maximum absolute atomic E-state index is 12.3. The third kappa shape index (κ3) is 3.68. The number of rotatable bonds is 6. The van der Waals surface area contributed by atoms with Crippen molar-refractivity contribution >= 4 is 5.97 Å². The van der Waals surface area contributed by atoms with Crippen LogP contribution in [0.1, 0.15) is 28.7 Å². The first-order valence-electron chi connectivity index (χ1n) is 8.06. The van der Waals surface area contributed by atoms with Gasteiger partial charge in [-0.05, 0) is 31.5 Å². The van der Waals surface area contributed by atoms with Crippen molar-refractivity contribution in [2.45, 2.75) is 20.5 Å². The molecule has 0 aliphatic carbocycles. The molecule has 3 aromatic rings. The van der Waals surface area contributed by atoms with Gasteiger partial charge in [-0.1, -0.05) is 47.7 Å². The van der Waals surface area contributed by atoms with Crippen molar-refractivity contribution in [2.24, 2.45) is 0 Å². The molecule has 0 amide bonds. The maximum Gasteiger partial charge on any atom is 0.361 e. The zero-order valence-corrected chi connectivity index (χ0v) is 14.2. The lowest BCUT2D eigenvalue weighted by Gasteiger charge is -2.10. The van der Waals surface area contributed by atoms with Crippen LogP contribution in [0.15, 0.2) is 54.6 Å². The van der Waals surface area contributed by atoms with Gasteiger partial charge in [-0.25, -0.2) is 9.48 Å². The summed E-state index contributed by atoms with van der Waals surface area (Å²) in [5.41, 5.74) is 2.45. The normalized spacial score (nSPS) is 10.5. The third-order valence-electron chi connectivity index (χ3n) is 3.69. The largest absolute Gasteiger partial charge is 0.492 e. The molecule has 0 spiro atoms. The molecule has 0 radical (unpaired) electrons. The molecule has 0 bridgehead atoms. The van der Waals surface area contributed by atoms with E-state index in [9.17, 15) is 4.79 Å². The van der Waals surface area contributed by atoms with E-state index in [0.717, 1.165) is 11.3 Å². The molecule has 0 N–H and O–H groups in total. The van der Waals surface area contributed by atoms with E-state index in [2.05, 4.69) is 10.3 Å². The monoisotopic (exact) mass is 337 g/mol. The summed E-state index contributed by atoms with van der Waals surface area (Å²) in [6.45, 7) is 4.43. The Morgan fingerprint density at radius 1 is 1.08 bits per heavy atom. The second-order valence-corrected chi connectivity index (χ2v) is 5.40. The van der Waals surface area contributed by atoms with E-state index in [0.29, 0.717) is 18.1 Å². The molecular weight excluding hydrogens is 318 g/mol. The second kappa shape index (κ2) is 7.61. The first-order chi connectivity index (χ1) is 12.2. The van der Waals surface area contributed by atoms with Crippen molar-refractivity contribution in [3.8, 4) is 11.4 Å². The van der Waals surface area contributed by atoms with Crippen LogP contribution in [0, 0.1) is 6.92 Å². The van der Waals surface area contributed by atoms with Gasteiger partial charge in [0.05, 0.1) is 12.3 Å². The van der Waals surface area contributed by atoms with Gasteiger partial charge < -0.3 is 9.47 Å². The number of carbonyl (C=O) groups excluding carboxylic acids is 1. The Labute approximate surface area is 146 Å². The Morgan fingerprint density at radius 2 is 1.80 bits per heavy atom. The Morgan fingerprint density at radius 3 is 2.56 bits per heavy atom. The van der Waals surface area contributed by atoms with Gasteiger partial charge in [0.25, 0.3) is 0 Å². The fourth-order valence-corrected chi connectivity index (χ4v) is 2.45. The van der Waals surface area contributed by atoms with Crippen LogP contribution in [0.4, 0.5) is 0 Å². The quantitative estimate of drug-likeness (QED) is 0.646.